The van der Waals surface area contributed by atoms with Crippen LogP contribution in [0.3, 0.4) is 0 Å². The summed E-state index contributed by atoms with van der Waals surface area (Å²) in [6.45, 7) is 1.63. The molecule has 0 atom stereocenters. The third-order valence-corrected chi connectivity index (χ3v) is 3.91. The number of halogens is 1. The Morgan fingerprint density at radius 3 is 2.50 bits per heavy atom. The fourth-order valence-corrected chi connectivity index (χ4v) is 2.95. The summed E-state index contributed by atoms with van der Waals surface area (Å²) < 4.78 is 1.01. The first-order valence-electron chi connectivity index (χ1n) is 6.45. The topological polar surface area (TPSA) is 17.1 Å². The standard InChI is InChI=1S/C18H13BrO/c1-12(20)18-16-8-3-2-5-13(16)9-10-17(18)14-6-4-7-15(19)11-14/h2-11H,1H3. The Balaban J connectivity index is 2.36. The van der Waals surface area contributed by atoms with Gasteiger partial charge in [0.25, 0.3) is 0 Å². The third kappa shape index (κ3) is 2.27. The number of hydrogen-bond acceptors (Lipinski definition) is 1. The Labute approximate surface area is 126 Å². The molecule has 0 unspecified atom stereocenters. The smallest absolute Gasteiger partial charge is 0.161 e. The Hall–Kier alpha value is -1.93. The molecule has 20 heavy (non-hydrogen) atoms. The maximum Gasteiger partial charge on any atom is 0.161 e. The van der Waals surface area contributed by atoms with Gasteiger partial charge in [-0.05, 0) is 41.0 Å². The Morgan fingerprint density at radius 2 is 1.75 bits per heavy atom. The molecule has 0 saturated carbocycles. The fraction of sp³-hybridized carbons (Fsp3) is 0.0556. The highest BCUT2D eigenvalue weighted by molar-refractivity contribution is 9.10. The highest BCUT2D eigenvalue weighted by Gasteiger charge is 2.13. The molecule has 0 heterocycles. The molecule has 2 heteroatoms. The molecular formula is C18H13BrO. The fourth-order valence-electron chi connectivity index (χ4n) is 2.55. The van der Waals surface area contributed by atoms with E-state index in [9.17, 15) is 4.79 Å². The average Bonchev–Trinajstić information content (AvgIpc) is 2.45. The maximum absolute atomic E-state index is 12.1. The number of rotatable bonds is 2. The highest BCUT2D eigenvalue weighted by Crippen LogP contribution is 2.31. The van der Waals surface area contributed by atoms with Crippen molar-refractivity contribution in [2.45, 2.75) is 6.92 Å². The van der Waals surface area contributed by atoms with E-state index in [0.29, 0.717) is 0 Å². The summed E-state index contributed by atoms with van der Waals surface area (Å²) in [5.41, 5.74) is 2.83. The van der Waals surface area contributed by atoms with Crippen LogP contribution in [0.5, 0.6) is 0 Å². The lowest BCUT2D eigenvalue weighted by atomic mass is 9.92. The molecular weight excluding hydrogens is 312 g/mol. The van der Waals surface area contributed by atoms with Crippen LogP contribution in [0.4, 0.5) is 0 Å². The van der Waals surface area contributed by atoms with Crippen LogP contribution in [0.1, 0.15) is 17.3 Å². The maximum atomic E-state index is 12.1. The van der Waals surface area contributed by atoms with E-state index in [1.165, 1.54) is 0 Å². The summed E-state index contributed by atoms with van der Waals surface area (Å²) in [5.74, 6) is 0.0942. The zero-order valence-corrected chi connectivity index (χ0v) is 12.6. The molecule has 0 aromatic heterocycles. The zero-order valence-electron chi connectivity index (χ0n) is 11.1. The van der Waals surface area contributed by atoms with Gasteiger partial charge in [-0.3, -0.25) is 4.79 Å². The Kier molecular flexibility index (Phi) is 3.41. The minimum absolute atomic E-state index is 0.0942. The van der Waals surface area contributed by atoms with Gasteiger partial charge in [0.05, 0.1) is 0 Å². The largest absolute Gasteiger partial charge is 0.294 e. The molecule has 0 fully saturated rings. The number of ketones is 1. The predicted molar refractivity (Wildman–Crippen MR) is 87.1 cm³/mol. The lowest BCUT2D eigenvalue weighted by molar-refractivity contribution is 0.102. The molecule has 98 valence electrons. The van der Waals surface area contributed by atoms with Gasteiger partial charge in [0.1, 0.15) is 0 Å². The Morgan fingerprint density at radius 1 is 0.950 bits per heavy atom. The van der Waals surface area contributed by atoms with Gasteiger partial charge in [0.2, 0.25) is 0 Å². The van der Waals surface area contributed by atoms with Crippen molar-refractivity contribution in [1.82, 2.24) is 0 Å². The second-order valence-corrected chi connectivity index (χ2v) is 5.69. The third-order valence-electron chi connectivity index (χ3n) is 3.42. The zero-order chi connectivity index (χ0) is 14.1. The lowest BCUT2D eigenvalue weighted by Crippen LogP contribution is -1.98. The summed E-state index contributed by atoms with van der Waals surface area (Å²) in [5, 5.41) is 2.11. The number of hydrogen-bond donors (Lipinski definition) is 0. The first-order valence-corrected chi connectivity index (χ1v) is 7.25. The van der Waals surface area contributed by atoms with Crippen molar-refractivity contribution in [1.29, 1.82) is 0 Å². The second-order valence-electron chi connectivity index (χ2n) is 4.78. The first-order chi connectivity index (χ1) is 9.66. The van der Waals surface area contributed by atoms with Crippen molar-refractivity contribution in [2.24, 2.45) is 0 Å². The lowest BCUT2D eigenvalue weighted by Gasteiger charge is -2.11. The molecule has 3 aromatic rings. The summed E-state index contributed by atoms with van der Waals surface area (Å²) in [6, 6.07) is 20.1. The van der Waals surface area contributed by atoms with Gasteiger partial charge in [-0.15, -0.1) is 0 Å². The molecule has 3 rings (SSSR count). The molecule has 0 spiro atoms. The van der Waals surface area contributed by atoms with Crippen LogP contribution in [-0.4, -0.2) is 5.78 Å². The van der Waals surface area contributed by atoms with Crippen LogP contribution in [0.2, 0.25) is 0 Å². The van der Waals surface area contributed by atoms with Crippen LogP contribution in [0.25, 0.3) is 21.9 Å². The van der Waals surface area contributed by atoms with Gasteiger partial charge >= 0.3 is 0 Å². The Bertz CT molecular complexity index is 805. The molecule has 0 aliphatic heterocycles. The van der Waals surface area contributed by atoms with Crippen LogP contribution in [0, 0.1) is 0 Å². The summed E-state index contributed by atoms with van der Waals surface area (Å²) in [7, 11) is 0. The molecule has 0 amide bonds. The number of Topliss-reactive ketones (excluding diaryl/α,β-unsaturated/α-hetero) is 1. The summed E-state index contributed by atoms with van der Waals surface area (Å²) >= 11 is 3.49. The van der Waals surface area contributed by atoms with Crippen molar-refractivity contribution in [2.75, 3.05) is 0 Å². The van der Waals surface area contributed by atoms with Gasteiger partial charge in [-0.25, -0.2) is 0 Å². The van der Waals surface area contributed by atoms with E-state index in [2.05, 4.69) is 22.0 Å². The molecule has 0 aliphatic carbocycles. The molecule has 1 nitrogen and oxygen atoms in total. The van der Waals surface area contributed by atoms with Crippen LogP contribution in [-0.2, 0) is 0 Å². The number of fused-ring (bicyclic) bond motifs is 1. The molecule has 0 N–H and O–H groups in total. The molecule has 0 saturated heterocycles. The minimum atomic E-state index is 0.0942. The summed E-state index contributed by atoms with van der Waals surface area (Å²) in [6.07, 6.45) is 0. The quantitative estimate of drug-likeness (QED) is 0.571. The van der Waals surface area contributed by atoms with E-state index in [4.69, 9.17) is 0 Å². The van der Waals surface area contributed by atoms with Gasteiger partial charge in [0.15, 0.2) is 5.78 Å². The van der Waals surface area contributed by atoms with Gasteiger partial charge in [-0.2, -0.15) is 0 Å². The SMILES string of the molecule is CC(=O)c1c(-c2cccc(Br)c2)ccc2ccccc12. The minimum Gasteiger partial charge on any atom is -0.294 e. The summed E-state index contributed by atoms with van der Waals surface area (Å²) in [4.78, 5) is 12.1. The second kappa shape index (κ2) is 5.22. The van der Waals surface area contributed by atoms with Crippen LogP contribution < -0.4 is 0 Å². The first kappa shape index (κ1) is 13.1. The van der Waals surface area contributed by atoms with Gasteiger partial charge in [-0.1, -0.05) is 64.5 Å². The molecule has 0 bridgehead atoms. The van der Waals surface area contributed by atoms with Crippen molar-refractivity contribution in [3.05, 3.63) is 70.7 Å². The van der Waals surface area contributed by atoms with E-state index in [1.807, 2.05) is 54.6 Å². The van der Waals surface area contributed by atoms with Crippen LogP contribution in [0.15, 0.2) is 65.1 Å². The van der Waals surface area contributed by atoms with Crippen LogP contribution >= 0.6 is 15.9 Å². The van der Waals surface area contributed by atoms with E-state index < -0.39 is 0 Å². The molecule has 0 radical (unpaired) electrons. The number of carbonyl (C=O) groups is 1. The van der Waals surface area contributed by atoms with E-state index in [0.717, 1.165) is 31.9 Å². The van der Waals surface area contributed by atoms with Crippen molar-refractivity contribution < 1.29 is 4.79 Å². The number of benzene rings is 3. The van der Waals surface area contributed by atoms with E-state index >= 15 is 0 Å². The van der Waals surface area contributed by atoms with E-state index in [-0.39, 0.29) is 5.78 Å². The monoisotopic (exact) mass is 324 g/mol. The molecule has 3 aromatic carbocycles. The van der Waals surface area contributed by atoms with Crippen molar-refractivity contribution in [3.8, 4) is 11.1 Å². The van der Waals surface area contributed by atoms with Crippen molar-refractivity contribution >= 4 is 32.5 Å². The average molecular weight is 325 g/mol. The number of carbonyl (C=O) groups excluding carboxylic acids is 1. The predicted octanol–water partition coefficient (Wildman–Crippen LogP) is 5.47. The van der Waals surface area contributed by atoms with E-state index in [1.54, 1.807) is 6.92 Å². The molecule has 0 aliphatic rings. The van der Waals surface area contributed by atoms with Gasteiger partial charge < -0.3 is 0 Å². The normalized spacial score (nSPS) is 10.7. The van der Waals surface area contributed by atoms with Crippen molar-refractivity contribution in [3.63, 3.8) is 0 Å². The highest BCUT2D eigenvalue weighted by atomic mass is 79.9. The van der Waals surface area contributed by atoms with Gasteiger partial charge in [0, 0.05) is 10.0 Å².